The number of nitrogens with one attached hydrogen (secondary N) is 1. The van der Waals surface area contributed by atoms with E-state index in [0.717, 1.165) is 6.20 Å². The van der Waals surface area contributed by atoms with E-state index in [2.05, 4.69) is 20.4 Å². The first kappa shape index (κ1) is 21.1. The fourth-order valence-corrected chi connectivity index (χ4v) is 4.12. The van der Waals surface area contributed by atoms with Crippen LogP contribution in [0, 0.1) is 0 Å². The average molecular weight is 450 g/mol. The van der Waals surface area contributed by atoms with Gasteiger partial charge in [-0.25, -0.2) is 14.1 Å². The van der Waals surface area contributed by atoms with Gasteiger partial charge < -0.3 is 15.8 Å². The molecule has 3 N–H and O–H groups in total. The number of alkyl halides is 4. The molecular formula is C17H20ClF4N7O. The van der Waals surface area contributed by atoms with Crippen LogP contribution in [-0.4, -0.2) is 70.2 Å². The molecule has 2 saturated heterocycles. The van der Waals surface area contributed by atoms with E-state index >= 15 is 0 Å². The molecule has 0 amide bonds. The lowest BCUT2D eigenvalue weighted by molar-refractivity contribution is -0.136. The second-order valence-electron chi connectivity index (χ2n) is 7.25. The molecule has 8 nitrogen and oxygen atoms in total. The summed E-state index contributed by atoms with van der Waals surface area (Å²) in [6, 6.07) is -0.494. The van der Waals surface area contributed by atoms with Gasteiger partial charge in [0.25, 0.3) is 0 Å². The highest BCUT2D eigenvalue weighted by Crippen LogP contribution is 2.43. The van der Waals surface area contributed by atoms with Gasteiger partial charge in [0, 0.05) is 20.1 Å². The van der Waals surface area contributed by atoms with E-state index < -0.39 is 35.5 Å². The van der Waals surface area contributed by atoms with Crippen molar-refractivity contribution in [2.75, 3.05) is 44.4 Å². The number of nitrogen functional groups attached to an aromatic ring is 1. The first-order valence-electron chi connectivity index (χ1n) is 9.32. The quantitative estimate of drug-likeness (QED) is 0.693. The van der Waals surface area contributed by atoms with Crippen LogP contribution in [-0.2, 0) is 10.9 Å². The number of rotatable bonds is 4. The Hall–Kier alpha value is -2.18. The van der Waals surface area contributed by atoms with E-state index in [0.29, 0.717) is 26.2 Å². The van der Waals surface area contributed by atoms with E-state index in [-0.39, 0.29) is 29.3 Å². The number of piperidine rings is 1. The van der Waals surface area contributed by atoms with Crippen LogP contribution in [0.25, 0.3) is 11.3 Å². The number of likely N-dealkylation sites (tertiary alicyclic amines) is 1. The van der Waals surface area contributed by atoms with Gasteiger partial charge in [-0.05, 0) is 6.42 Å². The third kappa shape index (κ3) is 3.67. The van der Waals surface area contributed by atoms with Gasteiger partial charge in [0.15, 0.2) is 0 Å². The predicted molar refractivity (Wildman–Crippen MR) is 102 cm³/mol. The van der Waals surface area contributed by atoms with E-state index in [4.69, 9.17) is 22.1 Å². The molecule has 2 aliphatic heterocycles. The van der Waals surface area contributed by atoms with Gasteiger partial charge in [0.2, 0.25) is 5.95 Å². The highest BCUT2D eigenvalue weighted by molar-refractivity contribution is 6.32. The highest BCUT2D eigenvalue weighted by Gasteiger charge is 2.41. The Labute approximate surface area is 174 Å². The Morgan fingerprint density at radius 1 is 1.30 bits per heavy atom. The summed E-state index contributed by atoms with van der Waals surface area (Å²) >= 11 is 6.38. The number of nitrogens with zero attached hydrogens (tertiary/aromatic N) is 5. The minimum absolute atomic E-state index is 0.0865. The fourth-order valence-electron chi connectivity index (χ4n) is 3.82. The first-order chi connectivity index (χ1) is 14.2. The number of halogens is 5. The number of anilines is 2. The van der Waals surface area contributed by atoms with E-state index in [9.17, 15) is 17.6 Å². The number of hydrogen-bond donors (Lipinski definition) is 2. The van der Waals surface area contributed by atoms with Crippen LogP contribution in [0.1, 0.15) is 18.0 Å². The molecule has 0 aliphatic carbocycles. The van der Waals surface area contributed by atoms with Gasteiger partial charge in [0.05, 0.1) is 42.8 Å². The summed E-state index contributed by atoms with van der Waals surface area (Å²) in [6.07, 6.45) is -4.49. The molecule has 0 radical (unpaired) electrons. The summed E-state index contributed by atoms with van der Waals surface area (Å²) in [4.78, 5) is 9.38. The second kappa shape index (κ2) is 7.82. The lowest BCUT2D eigenvalue weighted by atomic mass is 10.0. The number of ether oxygens (including phenoxy) is 1. The zero-order valence-corrected chi connectivity index (χ0v) is 16.7. The Kier molecular flexibility index (Phi) is 5.49. The summed E-state index contributed by atoms with van der Waals surface area (Å²) in [5.41, 5.74) is 3.89. The lowest BCUT2D eigenvalue weighted by Crippen LogP contribution is -2.55. The van der Waals surface area contributed by atoms with Crippen molar-refractivity contribution >= 4 is 23.4 Å². The van der Waals surface area contributed by atoms with Gasteiger partial charge in [-0.2, -0.15) is 23.3 Å². The number of hydrogen-bond acceptors (Lipinski definition) is 7. The summed E-state index contributed by atoms with van der Waals surface area (Å²) in [5.74, 6) is -0.834. The van der Waals surface area contributed by atoms with Crippen LogP contribution in [0.5, 0.6) is 0 Å². The SMILES string of the molecule is CNc1nc(N)nc(-c2cnn(C3CCN(C4COC4)CC3F)c2Cl)c1C(F)(F)F. The monoisotopic (exact) mass is 449 g/mol. The molecule has 0 saturated carbocycles. The maximum Gasteiger partial charge on any atom is 0.422 e. The van der Waals surface area contributed by atoms with E-state index in [1.807, 2.05) is 4.90 Å². The van der Waals surface area contributed by atoms with Gasteiger partial charge in [-0.15, -0.1) is 0 Å². The molecule has 4 rings (SSSR count). The van der Waals surface area contributed by atoms with Gasteiger partial charge >= 0.3 is 6.18 Å². The Bertz CT molecular complexity index is 934. The largest absolute Gasteiger partial charge is 0.422 e. The molecule has 0 bridgehead atoms. The van der Waals surface area contributed by atoms with Crippen molar-refractivity contribution in [3.05, 3.63) is 16.9 Å². The predicted octanol–water partition coefficient (Wildman–Crippen LogP) is 2.62. The number of aromatic nitrogens is 4. The van der Waals surface area contributed by atoms with Crippen LogP contribution in [0.15, 0.2) is 6.20 Å². The molecule has 2 aromatic rings. The van der Waals surface area contributed by atoms with Crippen LogP contribution >= 0.6 is 11.6 Å². The van der Waals surface area contributed by atoms with E-state index in [1.54, 1.807) is 0 Å². The first-order valence-corrected chi connectivity index (χ1v) is 9.70. The minimum atomic E-state index is -4.77. The summed E-state index contributed by atoms with van der Waals surface area (Å²) in [6.45, 7) is 1.95. The Balaban J connectivity index is 1.68. The van der Waals surface area contributed by atoms with Crippen molar-refractivity contribution in [2.24, 2.45) is 0 Å². The minimum Gasteiger partial charge on any atom is -0.378 e. The highest BCUT2D eigenvalue weighted by atomic mass is 35.5. The molecule has 2 aliphatic rings. The third-order valence-corrected chi connectivity index (χ3v) is 5.80. The third-order valence-electron chi connectivity index (χ3n) is 5.43. The topological polar surface area (TPSA) is 94.1 Å². The van der Waals surface area contributed by atoms with Gasteiger partial charge in [-0.1, -0.05) is 11.6 Å². The van der Waals surface area contributed by atoms with Crippen molar-refractivity contribution < 1.29 is 22.3 Å². The number of nitrogens with two attached hydrogens (primary N) is 1. The van der Waals surface area contributed by atoms with Crippen molar-refractivity contribution in [3.63, 3.8) is 0 Å². The maximum atomic E-state index is 14.9. The van der Waals surface area contributed by atoms with Crippen molar-refractivity contribution in [1.29, 1.82) is 0 Å². The molecule has 0 spiro atoms. The summed E-state index contributed by atoms with van der Waals surface area (Å²) in [7, 11) is 1.29. The maximum absolute atomic E-state index is 14.9. The second-order valence-corrected chi connectivity index (χ2v) is 7.61. The molecule has 164 valence electrons. The van der Waals surface area contributed by atoms with E-state index in [1.165, 1.54) is 11.7 Å². The molecule has 0 aromatic carbocycles. The van der Waals surface area contributed by atoms with Crippen LogP contribution in [0.4, 0.5) is 29.3 Å². The average Bonchev–Trinajstić information content (AvgIpc) is 3.00. The van der Waals surface area contributed by atoms with Crippen molar-refractivity contribution in [3.8, 4) is 11.3 Å². The lowest BCUT2D eigenvalue weighted by Gasteiger charge is -2.42. The molecule has 2 aromatic heterocycles. The molecule has 13 heteroatoms. The Morgan fingerprint density at radius 3 is 2.60 bits per heavy atom. The van der Waals surface area contributed by atoms with Crippen LogP contribution in [0.2, 0.25) is 5.15 Å². The van der Waals surface area contributed by atoms with Crippen molar-refractivity contribution in [1.82, 2.24) is 24.6 Å². The van der Waals surface area contributed by atoms with Gasteiger partial charge in [-0.3, -0.25) is 4.90 Å². The molecule has 2 atom stereocenters. The molecule has 2 fully saturated rings. The molecule has 4 heterocycles. The normalized spacial score (nSPS) is 23.4. The van der Waals surface area contributed by atoms with Crippen LogP contribution in [0.3, 0.4) is 0 Å². The Morgan fingerprint density at radius 2 is 2.03 bits per heavy atom. The molecular weight excluding hydrogens is 430 g/mol. The summed E-state index contributed by atoms with van der Waals surface area (Å²) < 4.78 is 62.4. The fraction of sp³-hybridized carbons (Fsp3) is 0.588. The molecule has 2 unspecified atom stereocenters. The van der Waals surface area contributed by atoms with Crippen LogP contribution < -0.4 is 11.1 Å². The zero-order chi connectivity index (χ0) is 21.6. The van der Waals surface area contributed by atoms with Gasteiger partial charge in [0.1, 0.15) is 22.7 Å². The summed E-state index contributed by atoms with van der Waals surface area (Å²) in [5, 5.41) is 6.34. The standard InChI is InChI=1S/C17H20ClF4N7O/c1-24-15-12(17(20,21)22)13(26-16(23)27-15)9-4-25-29(14(9)18)11-2-3-28(5-10(11)19)8-6-30-7-8/h4,8,10-11H,2-3,5-7H2,1H3,(H3,23,24,26,27). The zero-order valence-electron chi connectivity index (χ0n) is 16.0. The van der Waals surface area contributed by atoms with Crippen molar-refractivity contribution in [2.45, 2.75) is 30.9 Å². The smallest absolute Gasteiger partial charge is 0.378 e. The molecule has 30 heavy (non-hydrogen) atoms.